The number of hydrogen-bond donors (Lipinski definition) is 4. The number of carbonyl (C=O) groups excluding carboxylic acids is 3. The van der Waals surface area contributed by atoms with Crippen LogP contribution in [0.5, 0.6) is 0 Å². The number of para-hydroxylation sites is 1. The molecule has 0 unspecified atom stereocenters. The Morgan fingerprint density at radius 2 is 1.45 bits per heavy atom. The first-order valence-electron chi connectivity index (χ1n) is 16.0. The van der Waals surface area contributed by atoms with Gasteiger partial charge < -0.3 is 30.0 Å². The van der Waals surface area contributed by atoms with Gasteiger partial charge >= 0.3 is 0 Å². The maximum Gasteiger partial charge on any atom is 0.272 e. The summed E-state index contributed by atoms with van der Waals surface area (Å²) in [5, 5.41) is 17.9. The summed E-state index contributed by atoms with van der Waals surface area (Å²) in [7, 11) is 3.46. The monoisotopic (exact) mass is 674 g/mol. The molecule has 4 N–H and O–H groups in total. The number of amidine groups is 1. The third-order valence-electron chi connectivity index (χ3n) is 8.28. The number of amides is 3. The molecule has 0 bridgehead atoms. The second-order valence-corrected chi connectivity index (χ2v) is 13.1. The van der Waals surface area contributed by atoms with Gasteiger partial charge in [0.1, 0.15) is 11.4 Å². The van der Waals surface area contributed by atoms with Gasteiger partial charge in [-0.05, 0) is 47.5 Å². The summed E-state index contributed by atoms with van der Waals surface area (Å²) in [4.78, 5) is 45.6. The number of anilines is 2. The maximum atomic E-state index is 13.2. The Balaban J connectivity index is 1.01. The number of hydrogen-bond acceptors (Lipinski definition) is 6. The Morgan fingerprint density at radius 3 is 2.16 bits per heavy atom. The molecule has 49 heavy (non-hydrogen) atoms. The van der Waals surface area contributed by atoms with E-state index in [1.165, 1.54) is 0 Å². The van der Waals surface area contributed by atoms with Crippen molar-refractivity contribution in [3.05, 3.63) is 113 Å². The van der Waals surface area contributed by atoms with E-state index >= 15 is 0 Å². The quantitative estimate of drug-likeness (QED) is 0.110. The lowest BCUT2D eigenvalue weighted by Gasteiger charge is -2.28. The molecule has 11 nitrogen and oxygen atoms in total. The van der Waals surface area contributed by atoms with E-state index in [9.17, 15) is 14.4 Å². The first-order valence-corrected chi connectivity index (χ1v) is 17.2. The topological polar surface area (TPSA) is 137 Å². The van der Waals surface area contributed by atoms with Crippen LogP contribution in [-0.4, -0.2) is 73.7 Å². The van der Waals surface area contributed by atoms with Gasteiger partial charge in [0.05, 0.1) is 22.7 Å². The molecule has 1 fully saturated rings. The number of fused-ring (bicyclic) bond motifs is 1. The molecule has 4 heterocycles. The Morgan fingerprint density at radius 1 is 0.816 bits per heavy atom. The van der Waals surface area contributed by atoms with Gasteiger partial charge in [-0.15, -0.1) is 0 Å². The van der Waals surface area contributed by atoms with E-state index in [0.717, 1.165) is 46.6 Å². The van der Waals surface area contributed by atoms with E-state index in [4.69, 9.17) is 5.41 Å². The summed E-state index contributed by atoms with van der Waals surface area (Å²) in [6.45, 7) is 2.09. The van der Waals surface area contributed by atoms with Gasteiger partial charge in [0.15, 0.2) is 0 Å². The van der Waals surface area contributed by atoms with Crippen LogP contribution in [-0.2, 0) is 14.1 Å². The molecule has 250 valence electrons. The number of nitrogens with one attached hydrogen (secondary N) is 4. The van der Waals surface area contributed by atoms with Crippen LogP contribution in [0.2, 0.25) is 0 Å². The predicted octanol–water partition coefficient (Wildman–Crippen LogP) is 5.73. The lowest BCUT2D eigenvalue weighted by atomic mass is 10.1. The van der Waals surface area contributed by atoms with Crippen LogP contribution in [0.3, 0.4) is 0 Å². The van der Waals surface area contributed by atoms with Crippen molar-refractivity contribution >= 4 is 69.7 Å². The maximum absolute atomic E-state index is 13.2. The zero-order valence-electron chi connectivity index (χ0n) is 27.4. The molecule has 0 spiro atoms. The van der Waals surface area contributed by atoms with Gasteiger partial charge in [-0.25, -0.2) is 0 Å². The third-order valence-corrected chi connectivity index (χ3v) is 9.23. The Kier molecular flexibility index (Phi) is 10.2. The molecular formula is C37H38N8O3S. The average molecular weight is 675 g/mol. The SMILES string of the molecule is Cn1cc(NC(=O)c2cc(NC(=O)c3ccc(/C=C/c4cnc5ccccc5c4)cc3)cn2C)cc1C(=O)NCCC(=N)N1CCSCC1. The molecule has 2 aromatic carbocycles. The average Bonchev–Trinajstić information content (AvgIpc) is 3.68. The molecule has 0 atom stereocenters. The second-order valence-electron chi connectivity index (χ2n) is 11.8. The van der Waals surface area contributed by atoms with Crippen molar-refractivity contribution in [1.82, 2.24) is 24.3 Å². The van der Waals surface area contributed by atoms with Crippen molar-refractivity contribution in [3.8, 4) is 0 Å². The molecule has 3 aromatic heterocycles. The third kappa shape index (κ3) is 8.28. The minimum Gasteiger partial charge on any atom is -0.359 e. The van der Waals surface area contributed by atoms with Gasteiger partial charge in [-0.2, -0.15) is 11.8 Å². The largest absolute Gasteiger partial charge is 0.359 e. The molecule has 12 heteroatoms. The van der Waals surface area contributed by atoms with Crippen LogP contribution < -0.4 is 16.0 Å². The van der Waals surface area contributed by atoms with E-state index < -0.39 is 0 Å². The molecule has 0 saturated carbocycles. The Hall–Kier alpha value is -5.62. The summed E-state index contributed by atoms with van der Waals surface area (Å²) in [6.07, 6.45) is 9.60. The summed E-state index contributed by atoms with van der Waals surface area (Å²) in [5.74, 6) is 1.62. The molecular weight excluding hydrogens is 637 g/mol. The molecule has 0 aliphatic carbocycles. The first kappa shape index (κ1) is 33.3. The fraction of sp³-hybridized carbons (Fsp3) is 0.216. The number of aryl methyl sites for hydroxylation is 2. The molecule has 1 aliphatic heterocycles. The van der Waals surface area contributed by atoms with Crippen molar-refractivity contribution in [3.63, 3.8) is 0 Å². The molecule has 0 radical (unpaired) electrons. The number of rotatable bonds is 10. The number of nitrogens with zero attached hydrogens (tertiary/aromatic N) is 4. The molecule has 5 aromatic rings. The van der Waals surface area contributed by atoms with Gasteiger partial charge in [0.2, 0.25) is 0 Å². The molecule has 1 saturated heterocycles. The van der Waals surface area contributed by atoms with E-state index in [2.05, 4.69) is 31.9 Å². The summed E-state index contributed by atoms with van der Waals surface area (Å²) in [6, 6.07) is 20.5. The number of benzene rings is 2. The highest BCUT2D eigenvalue weighted by Gasteiger charge is 2.18. The lowest BCUT2D eigenvalue weighted by molar-refractivity contribution is 0.0944. The number of aromatic nitrogens is 3. The lowest BCUT2D eigenvalue weighted by Crippen LogP contribution is -2.39. The number of thioether (sulfide) groups is 1. The van der Waals surface area contributed by atoms with Crippen molar-refractivity contribution in [2.45, 2.75) is 6.42 Å². The normalized spacial score (nSPS) is 13.1. The minimum atomic E-state index is -0.383. The second kappa shape index (κ2) is 15.1. The predicted molar refractivity (Wildman–Crippen MR) is 197 cm³/mol. The van der Waals surface area contributed by atoms with E-state index in [1.807, 2.05) is 66.5 Å². The summed E-state index contributed by atoms with van der Waals surface area (Å²) >= 11 is 1.89. The van der Waals surface area contributed by atoms with Gasteiger partial charge in [-0.3, -0.25) is 24.8 Å². The van der Waals surface area contributed by atoms with Crippen LogP contribution in [0.4, 0.5) is 11.4 Å². The van der Waals surface area contributed by atoms with Crippen LogP contribution >= 0.6 is 11.8 Å². The van der Waals surface area contributed by atoms with Crippen molar-refractivity contribution in [2.24, 2.45) is 14.1 Å². The van der Waals surface area contributed by atoms with E-state index in [1.54, 1.807) is 59.9 Å². The molecule has 6 rings (SSSR count). The fourth-order valence-corrected chi connectivity index (χ4v) is 6.51. The van der Waals surface area contributed by atoms with Crippen LogP contribution in [0.15, 0.2) is 85.3 Å². The highest BCUT2D eigenvalue weighted by molar-refractivity contribution is 7.99. The Bertz CT molecular complexity index is 2040. The Labute approximate surface area is 288 Å². The van der Waals surface area contributed by atoms with Crippen LogP contribution in [0.1, 0.15) is 48.9 Å². The zero-order valence-corrected chi connectivity index (χ0v) is 28.2. The van der Waals surface area contributed by atoms with E-state index in [-0.39, 0.29) is 17.7 Å². The smallest absolute Gasteiger partial charge is 0.272 e. The summed E-state index contributed by atoms with van der Waals surface area (Å²) < 4.78 is 3.28. The summed E-state index contributed by atoms with van der Waals surface area (Å²) in [5.41, 5.74) is 5.03. The van der Waals surface area contributed by atoms with Gasteiger partial charge in [0, 0.05) is 81.2 Å². The fourth-order valence-electron chi connectivity index (χ4n) is 5.61. The number of pyridine rings is 1. The zero-order chi connectivity index (χ0) is 34.3. The van der Waals surface area contributed by atoms with Gasteiger partial charge in [0.25, 0.3) is 17.7 Å². The molecule has 1 aliphatic rings. The highest BCUT2D eigenvalue weighted by Crippen LogP contribution is 2.20. The van der Waals surface area contributed by atoms with Crippen molar-refractivity contribution < 1.29 is 14.4 Å². The first-order chi connectivity index (χ1) is 23.7. The highest BCUT2D eigenvalue weighted by atomic mass is 32.2. The minimum absolute atomic E-state index is 0.278. The van der Waals surface area contributed by atoms with Crippen molar-refractivity contribution in [2.75, 3.05) is 41.8 Å². The standard InChI is InChI=1S/C37H38N8O3S/c1-43-24-30(20-32(43)36(47)39-14-13-34(38)45-15-17-49-18-16-45)42-37(48)33-21-29(23-44(33)2)41-35(46)27-11-9-25(10-12-27)7-8-26-19-28-5-3-4-6-31(28)40-22-26/h3-12,19-24,38H,13-18H2,1-2H3,(H,39,47)(H,41,46)(H,42,48)/b8-7+,38-34?. The van der Waals surface area contributed by atoms with Crippen molar-refractivity contribution in [1.29, 1.82) is 5.41 Å². The van der Waals surface area contributed by atoms with Crippen LogP contribution in [0.25, 0.3) is 23.1 Å². The number of carbonyl (C=O) groups is 3. The molecule has 3 amide bonds. The van der Waals surface area contributed by atoms with Crippen LogP contribution in [0, 0.1) is 5.41 Å². The van der Waals surface area contributed by atoms with E-state index in [0.29, 0.717) is 47.1 Å². The van der Waals surface area contributed by atoms with Gasteiger partial charge in [-0.1, -0.05) is 42.5 Å².